The molecule has 1 aromatic rings. The van der Waals surface area contributed by atoms with Crippen molar-refractivity contribution >= 4 is 0 Å². The van der Waals surface area contributed by atoms with Gasteiger partial charge in [-0.1, -0.05) is 32.0 Å². The summed E-state index contributed by atoms with van der Waals surface area (Å²) in [7, 11) is 0. The third kappa shape index (κ3) is 4.75. The molecule has 0 aliphatic heterocycles. The van der Waals surface area contributed by atoms with Gasteiger partial charge in [-0.15, -0.1) is 0 Å². The normalized spacial score (nSPS) is 11.5. The van der Waals surface area contributed by atoms with E-state index in [2.05, 4.69) is 13.8 Å². The highest BCUT2D eigenvalue weighted by molar-refractivity contribution is 5.32. The topological polar surface area (TPSA) is 55.5 Å². The van der Waals surface area contributed by atoms with E-state index in [0.29, 0.717) is 13.2 Å². The Morgan fingerprint density at radius 3 is 2.65 bits per heavy atom. The lowest BCUT2D eigenvalue weighted by Gasteiger charge is -2.22. The molecule has 0 atom stereocenters. The van der Waals surface area contributed by atoms with Gasteiger partial charge in [-0.3, -0.25) is 0 Å². The fourth-order valence-electron chi connectivity index (χ4n) is 1.61. The number of rotatable bonds is 7. The van der Waals surface area contributed by atoms with Crippen molar-refractivity contribution in [3.63, 3.8) is 0 Å². The van der Waals surface area contributed by atoms with Crippen LogP contribution in [0.25, 0.3) is 0 Å². The van der Waals surface area contributed by atoms with Crippen LogP contribution in [0.3, 0.4) is 0 Å². The van der Waals surface area contributed by atoms with E-state index < -0.39 is 0 Å². The molecule has 1 rings (SSSR count). The fraction of sp³-hybridized carbons (Fsp3) is 0.571. The first-order chi connectivity index (χ1) is 8.09. The van der Waals surface area contributed by atoms with Gasteiger partial charge in [0, 0.05) is 5.56 Å². The van der Waals surface area contributed by atoms with Gasteiger partial charge in [0.1, 0.15) is 5.75 Å². The van der Waals surface area contributed by atoms with Gasteiger partial charge in [0.2, 0.25) is 0 Å². The average Bonchev–Trinajstić information content (AvgIpc) is 2.35. The van der Waals surface area contributed by atoms with E-state index in [1.54, 1.807) is 0 Å². The molecule has 0 saturated carbocycles. The minimum Gasteiger partial charge on any atom is -0.493 e. The first-order valence-corrected chi connectivity index (χ1v) is 6.11. The number of ether oxygens (including phenoxy) is 1. The van der Waals surface area contributed by atoms with Crippen LogP contribution in [0, 0.1) is 5.41 Å². The van der Waals surface area contributed by atoms with E-state index in [0.717, 1.165) is 24.2 Å². The van der Waals surface area contributed by atoms with E-state index in [-0.39, 0.29) is 12.0 Å². The van der Waals surface area contributed by atoms with E-state index >= 15 is 0 Å². The summed E-state index contributed by atoms with van der Waals surface area (Å²) in [5.74, 6) is 0.778. The summed E-state index contributed by atoms with van der Waals surface area (Å²) in [6.07, 6.45) is 2.02. The zero-order valence-electron chi connectivity index (χ0n) is 10.8. The maximum Gasteiger partial charge on any atom is 0.124 e. The average molecular weight is 237 g/mol. The van der Waals surface area contributed by atoms with Crippen LogP contribution in [0.15, 0.2) is 24.3 Å². The summed E-state index contributed by atoms with van der Waals surface area (Å²) in [5.41, 5.74) is 6.69. The van der Waals surface area contributed by atoms with Crippen LogP contribution < -0.4 is 10.5 Å². The Morgan fingerprint density at radius 2 is 2.00 bits per heavy atom. The largest absolute Gasteiger partial charge is 0.493 e. The Kier molecular flexibility index (Phi) is 5.45. The summed E-state index contributed by atoms with van der Waals surface area (Å²) >= 11 is 0. The molecule has 17 heavy (non-hydrogen) atoms. The van der Waals surface area contributed by atoms with Gasteiger partial charge >= 0.3 is 0 Å². The third-order valence-electron chi connectivity index (χ3n) is 2.95. The molecule has 0 saturated heterocycles. The van der Waals surface area contributed by atoms with Crippen LogP contribution in [0.1, 0.15) is 32.3 Å². The van der Waals surface area contributed by atoms with Gasteiger partial charge in [-0.05, 0) is 30.9 Å². The van der Waals surface area contributed by atoms with Crippen LogP contribution in [0.2, 0.25) is 0 Å². The van der Waals surface area contributed by atoms with Crippen molar-refractivity contribution < 1.29 is 9.84 Å². The molecule has 3 nitrogen and oxygen atoms in total. The summed E-state index contributed by atoms with van der Waals surface area (Å²) in [5, 5.41) is 9.15. The van der Waals surface area contributed by atoms with E-state index in [1.165, 1.54) is 0 Å². The number of hydrogen-bond donors (Lipinski definition) is 2. The Balaban J connectivity index is 2.36. The van der Waals surface area contributed by atoms with Crippen LogP contribution in [0.5, 0.6) is 5.75 Å². The molecule has 0 heterocycles. The minimum atomic E-state index is 0.0183. The first-order valence-electron chi connectivity index (χ1n) is 6.11. The number of benzene rings is 1. The molecule has 0 aromatic heterocycles. The Hall–Kier alpha value is -1.06. The zero-order valence-corrected chi connectivity index (χ0v) is 10.8. The molecule has 3 heteroatoms. The van der Waals surface area contributed by atoms with Crippen LogP contribution in [-0.4, -0.2) is 18.3 Å². The molecule has 0 amide bonds. The quantitative estimate of drug-likeness (QED) is 0.716. The monoisotopic (exact) mass is 237 g/mol. The van der Waals surface area contributed by atoms with Crippen molar-refractivity contribution in [2.45, 2.75) is 33.3 Å². The molecule has 0 radical (unpaired) electrons. The van der Waals surface area contributed by atoms with E-state index in [1.807, 2.05) is 24.3 Å². The van der Waals surface area contributed by atoms with Crippen molar-refractivity contribution in [2.75, 3.05) is 13.2 Å². The van der Waals surface area contributed by atoms with Crippen molar-refractivity contribution in [3.8, 4) is 5.75 Å². The molecular formula is C14H23NO2. The molecular weight excluding hydrogens is 214 g/mol. The van der Waals surface area contributed by atoms with Crippen LogP contribution >= 0.6 is 0 Å². The Bertz CT molecular complexity index is 337. The molecule has 0 unspecified atom stereocenters. The summed E-state index contributed by atoms with van der Waals surface area (Å²) < 4.78 is 5.67. The predicted molar refractivity (Wildman–Crippen MR) is 69.9 cm³/mol. The lowest BCUT2D eigenvalue weighted by molar-refractivity contribution is 0.244. The third-order valence-corrected chi connectivity index (χ3v) is 2.95. The number of aliphatic hydroxyl groups excluding tert-OH is 1. The van der Waals surface area contributed by atoms with Crippen molar-refractivity contribution in [2.24, 2.45) is 11.1 Å². The second-order valence-corrected chi connectivity index (χ2v) is 5.09. The molecule has 0 bridgehead atoms. The number of hydrogen-bond acceptors (Lipinski definition) is 3. The Morgan fingerprint density at radius 1 is 1.29 bits per heavy atom. The fourth-order valence-corrected chi connectivity index (χ4v) is 1.61. The van der Waals surface area contributed by atoms with Gasteiger partial charge < -0.3 is 15.6 Å². The van der Waals surface area contributed by atoms with Crippen LogP contribution in [0.4, 0.5) is 0 Å². The second kappa shape index (κ2) is 6.62. The van der Waals surface area contributed by atoms with Crippen molar-refractivity contribution in [3.05, 3.63) is 29.8 Å². The van der Waals surface area contributed by atoms with Gasteiger partial charge in [0.15, 0.2) is 0 Å². The highest BCUT2D eigenvalue weighted by atomic mass is 16.5. The summed E-state index contributed by atoms with van der Waals surface area (Å²) in [4.78, 5) is 0. The number of para-hydroxylation sites is 1. The lowest BCUT2D eigenvalue weighted by Crippen LogP contribution is -2.24. The molecule has 0 spiro atoms. The van der Waals surface area contributed by atoms with Crippen molar-refractivity contribution in [1.82, 2.24) is 0 Å². The van der Waals surface area contributed by atoms with Gasteiger partial charge in [-0.2, -0.15) is 0 Å². The van der Waals surface area contributed by atoms with Gasteiger partial charge in [0.05, 0.1) is 13.2 Å². The molecule has 0 aliphatic rings. The van der Waals surface area contributed by atoms with Crippen molar-refractivity contribution in [1.29, 1.82) is 0 Å². The summed E-state index contributed by atoms with van der Waals surface area (Å²) in [6.45, 7) is 5.70. The maximum atomic E-state index is 9.15. The Labute approximate surface area is 104 Å². The SMILES string of the molecule is CC(C)(CN)CCCOc1ccccc1CO. The highest BCUT2D eigenvalue weighted by Gasteiger charge is 2.14. The number of aliphatic hydroxyl groups is 1. The van der Waals surface area contributed by atoms with Crippen LogP contribution in [-0.2, 0) is 6.61 Å². The maximum absolute atomic E-state index is 9.15. The van der Waals surface area contributed by atoms with Gasteiger partial charge in [-0.25, -0.2) is 0 Å². The smallest absolute Gasteiger partial charge is 0.124 e. The van der Waals surface area contributed by atoms with Gasteiger partial charge in [0.25, 0.3) is 0 Å². The number of nitrogens with two attached hydrogens (primary N) is 1. The predicted octanol–water partition coefficient (Wildman–Crippen LogP) is 2.32. The first kappa shape index (κ1) is 14.0. The highest BCUT2D eigenvalue weighted by Crippen LogP contribution is 2.22. The minimum absolute atomic E-state index is 0.0183. The molecule has 0 fully saturated rings. The molecule has 96 valence electrons. The zero-order chi connectivity index (χ0) is 12.7. The standard InChI is InChI=1S/C14H23NO2/c1-14(2,11-15)8-5-9-17-13-7-4-3-6-12(13)10-16/h3-4,6-7,16H,5,8-11,15H2,1-2H3. The lowest BCUT2D eigenvalue weighted by atomic mass is 9.88. The second-order valence-electron chi connectivity index (χ2n) is 5.09. The molecule has 1 aromatic carbocycles. The summed E-state index contributed by atoms with van der Waals surface area (Å²) in [6, 6.07) is 7.58. The molecule has 3 N–H and O–H groups in total. The van der Waals surface area contributed by atoms with E-state index in [4.69, 9.17) is 15.6 Å². The van der Waals surface area contributed by atoms with E-state index in [9.17, 15) is 0 Å². The molecule has 0 aliphatic carbocycles.